The number of carbonyl (C=O) groups excluding carboxylic acids is 1. The zero-order valence-electron chi connectivity index (χ0n) is 18.3. The Labute approximate surface area is 178 Å². The molecule has 1 aromatic carbocycles. The third kappa shape index (κ3) is 5.52. The molecule has 8 nitrogen and oxygen atoms in total. The molecule has 0 saturated carbocycles. The maximum absolute atomic E-state index is 11.7. The van der Waals surface area contributed by atoms with Gasteiger partial charge in [-0.25, -0.2) is 4.98 Å². The number of aromatic nitrogens is 2. The number of imidazole rings is 1. The van der Waals surface area contributed by atoms with E-state index in [1.54, 1.807) is 14.1 Å². The molecular formula is C22H32N6O2. The summed E-state index contributed by atoms with van der Waals surface area (Å²) in [5.41, 5.74) is 1.07. The summed E-state index contributed by atoms with van der Waals surface area (Å²) in [5.74, 6) is 2.10. The minimum absolute atomic E-state index is 0.0349. The lowest BCUT2D eigenvalue weighted by atomic mass is 9.93. The maximum atomic E-state index is 11.7. The highest BCUT2D eigenvalue weighted by Crippen LogP contribution is 2.27. The monoisotopic (exact) mass is 412 g/mol. The molecule has 0 radical (unpaired) electrons. The van der Waals surface area contributed by atoms with Crippen molar-refractivity contribution in [3.63, 3.8) is 0 Å². The Morgan fingerprint density at radius 2 is 2.23 bits per heavy atom. The summed E-state index contributed by atoms with van der Waals surface area (Å²) < 4.78 is 7.81. The van der Waals surface area contributed by atoms with Crippen molar-refractivity contribution in [1.82, 2.24) is 24.7 Å². The van der Waals surface area contributed by atoms with E-state index in [1.165, 1.54) is 4.90 Å². The van der Waals surface area contributed by atoms with Gasteiger partial charge in [-0.1, -0.05) is 19.1 Å². The smallest absolute Gasteiger partial charge is 0.259 e. The maximum Gasteiger partial charge on any atom is 0.259 e. The van der Waals surface area contributed by atoms with Crippen LogP contribution in [0.5, 0.6) is 5.75 Å². The van der Waals surface area contributed by atoms with Gasteiger partial charge >= 0.3 is 0 Å². The van der Waals surface area contributed by atoms with Crippen LogP contribution >= 0.6 is 0 Å². The molecule has 30 heavy (non-hydrogen) atoms. The number of likely N-dealkylation sites (N-methyl/N-ethyl adjacent to an activating group) is 1. The Hall–Kier alpha value is -3.03. The largest absolute Gasteiger partial charge is 0.484 e. The van der Waals surface area contributed by atoms with Gasteiger partial charge in [0.05, 0.1) is 12.4 Å². The highest BCUT2D eigenvalue weighted by atomic mass is 16.5. The number of likely N-dealkylation sites (tertiary alicyclic amines) is 1. The SMILES string of the molecule is CN=C(NCc1cccc(OCC(=O)N(C)C)c1)N1CCC(C)C(n2ccnc2)C1. The first-order valence-corrected chi connectivity index (χ1v) is 10.3. The number of hydrogen-bond acceptors (Lipinski definition) is 4. The molecule has 2 unspecified atom stereocenters. The Bertz CT molecular complexity index is 849. The van der Waals surface area contributed by atoms with Gasteiger partial charge < -0.3 is 24.4 Å². The van der Waals surface area contributed by atoms with Crippen LogP contribution in [0.1, 0.15) is 24.9 Å². The van der Waals surface area contributed by atoms with Gasteiger partial charge in [0.15, 0.2) is 12.6 Å². The summed E-state index contributed by atoms with van der Waals surface area (Å²) in [6.45, 7) is 4.83. The molecule has 8 heteroatoms. The molecule has 0 spiro atoms. The van der Waals surface area contributed by atoms with Crippen LogP contribution in [-0.2, 0) is 11.3 Å². The number of ether oxygens (including phenoxy) is 1. The lowest BCUT2D eigenvalue weighted by Crippen LogP contribution is -2.48. The summed E-state index contributed by atoms with van der Waals surface area (Å²) in [6, 6.07) is 8.17. The zero-order chi connectivity index (χ0) is 21.5. The Balaban J connectivity index is 1.58. The van der Waals surface area contributed by atoms with Crippen LogP contribution < -0.4 is 10.1 Å². The standard InChI is InChI=1S/C22H32N6O2/c1-17-8-10-27(14-20(17)28-11-9-24-16-28)22(23-2)25-13-18-6-5-7-19(12-18)30-15-21(29)26(3)4/h5-7,9,11-12,16-17,20H,8,10,13-15H2,1-4H3,(H,23,25). The summed E-state index contributed by atoms with van der Waals surface area (Å²) >= 11 is 0. The van der Waals surface area contributed by atoms with E-state index in [0.717, 1.165) is 31.0 Å². The number of piperidine rings is 1. The molecule has 2 aromatic rings. The highest BCUT2D eigenvalue weighted by Gasteiger charge is 2.28. The number of nitrogens with zero attached hydrogens (tertiary/aromatic N) is 5. The Morgan fingerprint density at radius 1 is 1.40 bits per heavy atom. The number of aliphatic imine (C=N–C) groups is 1. The van der Waals surface area contributed by atoms with E-state index in [4.69, 9.17) is 4.74 Å². The van der Waals surface area contributed by atoms with Crippen molar-refractivity contribution in [3.8, 4) is 5.75 Å². The lowest BCUT2D eigenvalue weighted by Gasteiger charge is -2.39. The second kappa shape index (κ2) is 10.1. The van der Waals surface area contributed by atoms with E-state index in [2.05, 4.69) is 31.7 Å². The predicted molar refractivity (Wildman–Crippen MR) is 117 cm³/mol. The summed E-state index contributed by atoms with van der Waals surface area (Å²) in [5, 5.41) is 3.47. The number of amides is 1. The molecule has 1 amide bonds. The second-order valence-electron chi connectivity index (χ2n) is 7.91. The Morgan fingerprint density at radius 3 is 2.93 bits per heavy atom. The molecule has 1 aromatic heterocycles. The first-order valence-electron chi connectivity index (χ1n) is 10.3. The second-order valence-corrected chi connectivity index (χ2v) is 7.91. The fourth-order valence-corrected chi connectivity index (χ4v) is 3.63. The molecular weight excluding hydrogens is 380 g/mol. The number of guanidine groups is 1. The van der Waals surface area contributed by atoms with E-state index in [0.29, 0.717) is 24.3 Å². The average Bonchev–Trinajstić information content (AvgIpc) is 3.28. The number of nitrogens with one attached hydrogen (secondary N) is 1. The van der Waals surface area contributed by atoms with Crippen LogP contribution in [0.4, 0.5) is 0 Å². The van der Waals surface area contributed by atoms with Crippen molar-refractivity contribution in [3.05, 3.63) is 48.5 Å². The van der Waals surface area contributed by atoms with Crippen molar-refractivity contribution in [2.45, 2.75) is 25.9 Å². The minimum atomic E-state index is -0.0642. The van der Waals surface area contributed by atoms with Crippen molar-refractivity contribution < 1.29 is 9.53 Å². The molecule has 1 fully saturated rings. The van der Waals surface area contributed by atoms with E-state index in [-0.39, 0.29) is 12.5 Å². The number of carbonyl (C=O) groups is 1. The fraction of sp³-hybridized carbons (Fsp3) is 0.500. The van der Waals surface area contributed by atoms with Crippen molar-refractivity contribution in [1.29, 1.82) is 0 Å². The van der Waals surface area contributed by atoms with Gasteiger partial charge in [-0.3, -0.25) is 9.79 Å². The quantitative estimate of drug-likeness (QED) is 0.580. The molecule has 1 aliphatic rings. The highest BCUT2D eigenvalue weighted by molar-refractivity contribution is 5.80. The van der Waals surface area contributed by atoms with E-state index in [1.807, 2.05) is 50.0 Å². The summed E-state index contributed by atoms with van der Waals surface area (Å²) in [7, 11) is 5.26. The average molecular weight is 413 g/mol. The van der Waals surface area contributed by atoms with Gasteiger partial charge in [0, 0.05) is 53.2 Å². The molecule has 0 bridgehead atoms. The summed E-state index contributed by atoms with van der Waals surface area (Å²) in [6.07, 6.45) is 6.87. The topological polar surface area (TPSA) is 75.0 Å². The Kier molecular flexibility index (Phi) is 7.32. The van der Waals surface area contributed by atoms with E-state index >= 15 is 0 Å². The van der Waals surface area contributed by atoms with Crippen molar-refractivity contribution >= 4 is 11.9 Å². The van der Waals surface area contributed by atoms with Crippen LogP contribution in [0.15, 0.2) is 48.0 Å². The van der Waals surface area contributed by atoms with Crippen LogP contribution in [0, 0.1) is 5.92 Å². The van der Waals surface area contributed by atoms with Crippen LogP contribution in [0.3, 0.4) is 0 Å². The number of benzene rings is 1. The van der Waals surface area contributed by atoms with E-state index in [9.17, 15) is 4.79 Å². The van der Waals surface area contributed by atoms with Crippen LogP contribution in [-0.4, -0.2) is 72.1 Å². The molecule has 162 valence electrons. The van der Waals surface area contributed by atoms with Gasteiger partial charge in [0.2, 0.25) is 0 Å². The van der Waals surface area contributed by atoms with Gasteiger partial charge in [-0.2, -0.15) is 0 Å². The molecule has 2 atom stereocenters. The van der Waals surface area contributed by atoms with Crippen molar-refractivity contribution in [2.24, 2.45) is 10.9 Å². The molecule has 1 aliphatic heterocycles. The van der Waals surface area contributed by atoms with Gasteiger partial charge in [-0.15, -0.1) is 0 Å². The first-order chi connectivity index (χ1) is 14.5. The third-order valence-corrected chi connectivity index (χ3v) is 5.55. The van der Waals surface area contributed by atoms with Gasteiger partial charge in [0.1, 0.15) is 5.75 Å². The lowest BCUT2D eigenvalue weighted by molar-refractivity contribution is -0.130. The van der Waals surface area contributed by atoms with Crippen LogP contribution in [0.25, 0.3) is 0 Å². The van der Waals surface area contributed by atoms with Crippen LogP contribution in [0.2, 0.25) is 0 Å². The molecule has 1 N–H and O–H groups in total. The molecule has 3 rings (SSSR count). The number of rotatable bonds is 6. The fourth-order valence-electron chi connectivity index (χ4n) is 3.63. The van der Waals surface area contributed by atoms with Crippen molar-refractivity contribution in [2.75, 3.05) is 40.8 Å². The van der Waals surface area contributed by atoms with Gasteiger partial charge in [-0.05, 0) is 30.0 Å². The summed E-state index contributed by atoms with van der Waals surface area (Å²) in [4.78, 5) is 24.3. The third-order valence-electron chi connectivity index (χ3n) is 5.55. The minimum Gasteiger partial charge on any atom is -0.484 e. The first kappa shape index (κ1) is 21.7. The predicted octanol–water partition coefficient (Wildman–Crippen LogP) is 2.01. The molecule has 2 heterocycles. The normalized spacial score (nSPS) is 19.5. The van der Waals surface area contributed by atoms with E-state index < -0.39 is 0 Å². The van der Waals surface area contributed by atoms with Gasteiger partial charge in [0.25, 0.3) is 5.91 Å². The molecule has 1 saturated heterocycles. The number of hydrogen-bond donors (Lipinski definition) is 1. The zero-order valence-corrected chi connectivity index (χ0v) is 18.3. The molecule has 0 aliphatic carbocycles.